The molecule has 5 rings (SSSR count). The van der Waals surface area contributed by atoms with Gasteiger partial charge >= 0.3 is 0 Å². The highest BCUT2D eigenvalue weighted by atomic mass is 35.5. The van der Waals surface area contributed by atoms with Crippen molar-refractivity contribution >= 4 is 34.9 Å². The molecule has 7 nitrogen and oxygen atoms in total. The molecule has 1 aromatic heterocycles. The SMILES string of the molecule is Cc1cc(N2C[C@]34C=C[C@@H](O3)[C@H](C(=O)Nc3ccc(Cl)cc3)[C@@H]4C2=O)no1. The smallest absolute Gasteiger partial charge is 0.235 e. The van der Waals surface area contributed by atoms with Gasteiger partial charge in [0.05, 0.1) is 24.5 Å². The van der Waals surface area contributed by atoms with Crippen molar-refractivity contribution in [2.75, 3.05) is 16.8 Å². The lowest BCUT2D eigenvalue weighted by atomic mass is 9.77. The molecule has 0 saturated carbocycles. The van der Waals surface area contributed by atoms with E-state index in [1.807, 2.05) is 12.2 Å². The molecular weight excluding hydrogens is 370 g/mol. The van der Waals surface area contributed by atoms with Crippen LogP contribution in [-0.2, 0) is 14.3 Å². The van der Waals surface area contributed by atoms with Gasteiger partial charge in [0, 0.05) is 16.8 Å². The van der Waals surface area contributed by atoms with Gasteiger partial charge in [-0.3, -0.25) is 14.5 Å². The van der Waals surface area contributed by atoms with Gasteiger partial charge in [-0.1, -0.05) is 28.9 Å². The average molecular weight is 386 g/mol. The second-order valence-corrected chi connectivity index (χ2v) is 7.55. The summed E-state index contributed by atoms with van der Waals surface area (Å²) < 4.78 is 11.2. The number of ether oxygens (including phenoxy) is 1. The Morgan fingerprint density at radius 3 is 2.85 bits per heavy atom. The molecule has 0 radical (unpaired) electrons. The Hall–Kier alpha value is -2.64. The first-order chi connectivity index (χ1) is 13.0. The summed E-state index contributed by atoms with van der Waals surface area (Å²) in [6.45, 7) is 2.08. The van der Waals surface area contributed by atoms with Gasteiger partial charge in [0.15, 0.2) is 5.82 Å². The fourth-order valence-electron chi connectivity index (χ4n) is 4.23. The van der Waals surface area contributed by atoms with Crippen LogP contribution >= 0.6 is 11.6 Å². The summed E-state index contributed by atoms with van der Waals surface area (Å²) in [4.78, 5) is 27.6. The van der Waals surface area contributed by atoms with E-state index in [1.165, 1.54) is 4.90 Å². The van der Waals surface area contributed by atoms with Gasteiger partial charge in [0.2, 0.25) is 11.8 Å². The first-order valence-electron chi connectivity index (χ1n) is 8.65. The summed E-state index contributed by atoms with van der Waals surface area (Å²) >= 11 is 5.89. The molecule has 1 aromatic carbocycles. The molecule has 2 fully saturated rings. The standard InChI is InChI=1S/C19H16ClN3O4/c1-10-8-14(22-27-10)23-9-19-7-6-13(26-19)15(16(19)18(23)25)17(24)21-12-4-2-11(20)3-5-12/h2-8,13,15-16H,9H2,1H3,(H,21,24)/t13-,15+,16-,19+/m1/s1. The minimum absolute atomic E-state index is 0.175. The molecule has 138 valence electrons. The number of rotatable bonds is 3. The first kappa shape index (κ1) is 16.5. The third-order valence-corrected chi connectivity index (χ3v) is 5.66. The molecular formula is C19H16ClN3O4. The largest absolute Gasteiger partial charge is 0.360 e. The molecule has 4 atom stereocenters. The molecule has 1 spiro atoms. The molecule has 1 N–H and O–H groups in total. The van der Waals surface area contributed by atoms with Gasteiger partial charge in [-0.15, -0.1) is 0 Å². The maximum Gasteiger partial charge on any atom is 0.235 e. The van der Waals surface area contributed by atoms with E-state index >= 15 is 0 Å². The molecule has 2 saturated heterocycles. The van der Waals surface area contributed by atoms with Gasteiger partial charge in [-0.05, 0) is 31.2 Å². The maximum absolute atomic E-state index is 13.1. The Morgan fingerprint density at radius 1 is 1.37 bits per heavy atom. The Balaban J connectivity index is 1.43. The number of anilines is 2. The number of carbonyl (C=O) groups is 2. The summed E-state index contributed by atoms with van der Waals surface area (Å²) in [6.07, 6.45) is 3.36. The zero-order valence-corrected chi connectivity index (χ0v) is 15.1. The van der Waals surface area contributed by atoms with E-state index in [9.17, 15) is 9.59 Å². The van der Waals surface area contributed by atoms with Crippen LogP contribution in [0.3, 0.4) is 0 Å². The predicted molar refractivity (Wildman–Crippen MR) is 97.4 cm³/mol. The molecule has 0 aliphatic carbocycles. The van der Waals surface area contributed by atoms with Gasteiger partial charge in [0.25, 0.3) is 0 Å². The van der Waals surface area contributed by atoms with E-state index in [0.717, 1.165) is 0 Å². The summed E-state index contributed by atoms with van der Waals surface area (Å²) in [5.74, 6) is -0.548. The van der Waals surface area contributed by atoms with Crippen LogP contribution in [0.5, 0.6) is 0 Å². The Bertz CT molecular complexity index is 970. The molecule has 2 bridgehead atoms. The third kappa shape index (κ3) is 2.42. The van der Waals surface area contributed by atoms with E-state index in [-0.39, 0.29) is 11.8 Å². The maximum atomic E-state index is 13.1. The zero-order chi connectivity index (χ0) is 18.8. The minimum atomic E-state index is -0.795. The number of fused-ring (bicyclic) bond motifs is 1. The van der Waals surface area contributed by atoms with Gasteiger partial charge in [-0.25, -0.2) is 0 Å². The van der Waals surface area contributed by atoms with Crippen LogP contribution in [0.25, 0.3) is 0 Å². The third-order valence-electron chi connectivity index (χ3n) is 5.41. The van der Waals surface area contributed by atoms with E-state index < -0.39 is 23.5 Å². The summed E-state index contributed by atoms with van der Waals surface area (Å²) in [6, 6.07) is 8.55. The zero-order valence-electron chi connectivity index (χ0n) is 14.4. The predicted octanol–water partition coefficient (Wildman–Crippen LogP) is 2.56. The molecule has 4 heterocycles. The molecule has 27 heavy (non-hydrogen) atoms. The molecule has 3 aliphatic heterocycles. The highest BCUT2D eigenvalue weighted by molar-refractivity contribution is 6.30. The van der Waals surface area contributed by atoms with Crippen molar-refractivity contribution in [1.29, 1.82) is 0 Å². The number of hydrogen-bond acceptors (Lipinski definition) is 5. The number of aryl methyl sites for hydroxylation is 1. The van der Waals surface area contributed by atoms with Crippen LogP contribution in [0.4, 0.5) is 11.5 Å². The number of hydrogen-bond donors (Lipinski definition) is 1. The van der Waals surface area contributed by atoms with E-state index in [2.05, 4.69) is 10.5 Å². The Kier molecular flexibility index (Phi) is 3.47. The normalized spacial score (nSPS) is 30.8. The van der Waals surface area contributed by atoms with E-state index in [4.69, 9.17) is 20.9 Å². The lowest BCUT2D eigenvalue weighted by Gasteiger charge is -2.23. The number of halogens is 1. The second-order valence-electron chi connectivity index (χ2n) is 7.12. The van der Waals surface area contributed by atoms with Crippen LogP contribution in [0.1, 0.15) is 5.76 Å². The summed E-state index contributed by atoms with van der Waals surface area (Å²) in [5.41, 5.74) is -0.170. The van der Waals surface area contributed by atoms with Crippen LogP contribution in [0, 0.1) is 18.8 Å². The first-order valence-corrected chi connectivity index (χ1v) is 9.03. The quantitative estimate of drug-likeness (QED) is 0.821. The molecule has 8 heteroatoms. The number of aromatic nitrogens is 1. The van der Waals surface area contributed by atoms with Gasteiger partial charge < -0.3 is 14.6 Å². The fraction of sp³-hybridized carbons (Fsp3) is 0.316. The second kappa shape index (κ2) is 5.68. The lowest BCUT2D eigenvalue weighted by Crippen LogP contribution is -2.41. The van der Waals surface area contributed by atoms with Crippen molar-refractivity contribution in [3.05, 3.63) is 53.3 Å². The monoisotopic (exact) mass is 385 g/mol. The highest BCUT2D eigenvalue weighted by Crippen LogP contribution is 2.52. The van der Waals surface area contributed by atoms with Crippen LogP contribution in [-0.4, -0.2) is 35.2 Å². The number of nitrogens with one attached hydrogen (secondary N) is 1. The van der Waals surface area contributed by atoms with Gasteiger partial charge in [0.1, 0.15) is 11.4 Å². The summed E-state index contributed by atoms with van der Waals surface area (Å²) in [7, 11) is 0. The highest BCUT2D eigenvalue weighted by Gasteiger charge is 2.67. The van der Waals surface area contributed by atoms with Crippen molar-refractivity contribution in [1.82, 2.24) is 5.16 Å². The van der Waals surface area contributed by atoms with Crippen molar-refractivity contribution in [2.24, 2.45) is 11.8 Å². The minimum Gasteiger partial charge on any atom is -0.360 e. The van der Waals surface area contributed by atoms with Crippen molar-refractivity contribution in [3.63, 3.8) is 0 Å². The fourth-order valence-corrected chi connectivity index (χ4v) is 4.36. The molecule has 2 aromatic rings. The van der Waals surface area contributed by atoms with E-state index in [1.54, 1.807) is 37.3 Å². The summed E-state index contributed by atoms with van der Waals surface area (Å²) in [5, 5.41) is 7.39. The number of nitrogens with zero attached hydrogens (tertiary/aromatic N) is 2. The molecule has 0 unspecified atom stereocenters. The van der Waals surface area contributed by atoms with Crippen LogP contribution in [0.15, 0.2) is 47.0 Å². The van der Waals surface area contributed by atoms with Crippen LogP contribution < -0.4 is 10.2 Å². The van der Waals surface area contributed by atoms with Gasteiger partial charge in [-0.2, -0.15) is 0 Å². The topological polar surface area (TPSA) is 84.7 Å². The van der Waals surface area contributed by atoms with Crippen molar-refractivity contribution in [2.45, 2.75) is 18.6 Å². The van der Waals surface area contributed by atoms with E-state index in [0.29, 0.717) is 28.8 Å². The van der Waals surface area contributed by atoms with Crippen molar-refractivity contribution < 1.29 is 18.8 Å². The molecule has 2 amide bonds. The Labute approximate surface area is 159 Å². The Morgan fingerprint density at radius 2 is 2.15 bits per heavy atom. The van der Waals surface area contributed by atoms with Crippen LogP contribution in [0.2, 0.25) is 5.02 Å². The van der Waals surface area contributed by atoms with Crippen molar-refractivity contribution in [3.8, 4) is 0 Å². The lowest BCUT2D eigenvalue weighted by molar-refractivity contribution is -0.128. The average Bonchev–Trinajstić information content (AvgIpc) is 3.38. The number of amides is 2. The number of benzene rings is 1. The number of carbonyl (C=O) groups excluding carboxylic acids is 2. The molecule has 3 aliphatic rings.